The third-order valence-corrected chi connectivity index (χ3v) is 1.27. The molecule has 0 saturated carbocycles. The molecule has 0 rings (SSSR count). The summed E-state index contributed by atoms with van der Waals surface area (Å²) in [5, 5.41) is 0. The van der Waals surface area contributed by atoms with E-state index < -0.39 is 0 Å². The summed E-state index contributed by atoms with van der Waals surface area (Å²) in [7, 11) is 0. The van der Waals surface area contributed by atoms with Crippen LogP contribution in [0.15, 0.2) is 0 Å². The van der Waals surface area contributed by atoms with E-state index in [1.807, 2.05) is 0 Å². The molecule has 0 aromatic carbocycles. The first kappa shape index (κ1) is 22.1. The topological polar surface area (TPSA) is 305 Å². The maximum Gasteiger partial charge on any atom is -0.164 e. The number of hydrazine groups is 22. The van der Waals surface area contributed by atoms with E-state index in [1.165, 1.54) is 0 Å². The lowest BCUT2D eigenvalue weighted by Gasteiger charge is -2.15. The van der Waals surface area contributed by atoms with E-state index in [0.717, 1.165) is 0 Å². The fraction of sp³-hybridized carbons (Fsp3) is 0. The van der Waals surface area contributed by atoms with Gasteiger partial charge in [-0.05, 0) is 0 Å². The number of nitrogens with two attached hydrogens (primary N) is 2. The van der Waals surface area contributed by atoms with Crippen molar-refractivity contribution in [3.8, 4) is 0 Å². The lowest BCUT2D eigenvalue weighted by Crippen LogP contribution is -2.69. The van der Waals surface area contributed by atoms with Crippen molar-refractivity contribution >= 4 is 0 Å². The Kier molecular flexibility index (Phi) is 20.2. The Morgan fingerprint density at radius 3 is 0.478 bits per heavy atom. The molecule has 23 heavy (non-hydrogen) atoms. The maximum atomic E-state index is 4.90. The molecule has 0 heterocycles. The molecule has 0 aliphatic carbocycles. The summed E-state index contributed by atoms with van der Waals surface area (Å²) in [6.07, 6.45) is 0. The maximum absolute atomic E-state index is 4.90. The second-order valence-corrected chi connectivity index (χ2v) is 2.66. The molecule has 23 heteroatoms. The van der Waals surface area contributed by atoms with Crippen molar-refractivity contribution in [2.45, 2.75) is 0 Å². The summed E-state index contributed by atoms with van der Waals surface area (Å²) in [5.74, 6) is 9.80. The van der Waals surface area contributed by atoms with Crippen molar-refractivity contribution in [2.24, 2.45) is 11.7 Å². The van der Waals surface area contributed by atoms with Crippen LogP contribution in [-0.2, 0) is 0 Å². The second-order valence-electron chi connectivity index (χ2n) is 2.66. The van der Waals surface area contributed by atoms with Gasteiger partial charge in [0.05, 0.1) is 0 Å². The average Bonchev–Trinajstić information content (AvgIpc) is 2.57. The third kappa shape index (κ3) is 21.1. The largest absolute Gasteiger partial charge is 0.257 e. The highest BCUT2D eigenvalue weighted by Gasteiger charge is 1.83. The van der Waals surface area contributed by atoms with Gasteiger partial charge in [-0.2, -0.15) is 116 Å². The Labute approximate surface area is 129 Å². The van der Waals surface area contributed by atoms with Crippen molar-refractivity contribution in [1.29, 1.82) is 0 Å². The van der Waals surface area contributed by atoms with Crippen LogP contribution in [-0.4, -0.2) is 0 Å². The van der Waals surface area contributed by atoms with Gasteiger partial charge in [0.2, 0.25) is 0 Å². The minimum atomic E-state index is 2.12. The molecular weight excluding hydrogens is 322 g/mol. The molecule has 25 N–H and O–H groups in total. The zero-order chi connectivity index (χ0) is 16.8. The monoisotopic (exact) mass is 347 g/mol. The first-order chi connectivity index (χ1) is 11.4. The molecule has 140 valence electrons. The number of hydrogen-bond donors (Lipinski definition) is 23. The highest BCUT2D eigenvalue weighted by Crippen LogP contribution is 1.29. The summed E-state index contributed by atoms with van der Waals surface area (Å²) >= 11 is 0. The molecule has 0 bridgehead atoms. The van der Waals surface area contributed by atoms with Crippen LogP contribution in [0.5, 0.6) is 0 Å². The third-order valence-electron chi connectivity index (χ3n) is 1.27. The van der Waals surface area contributed by atoms with Crippen LogP contribution in [0.4, 0.5) is 0 Å². The molecule has 0 atom stereocenters. The molecule has 0 fully saturated rings. The van der Waals surface area contributed by atoms with E-state index >= 15 is 0 Å². The van der Waals surface area contributed by atoms with Crippen LogP contribution in [0, 0.1) is 0 Å². The SMILES string of the molecule is NNNNNNNNNNNNNNNNNNNNNNN. The Morgan fingerprint density at radius 1 is 0.217 bits per heavy atom. The van der Waals surface area contributed by atoms with E-state index in [-0.39, 0.29) is 0 Å². The van der Waals surface area contributed by atoms with Gasteiger partial charge in [0.1, 0.15) is 0 Å². The van der Waals surface area contributed by atoms with E-state index in [0.29, 0.717) is 0 Å². The lowest BCUT2D eigenvalue weighted by atomic mass is 12.0. The molecule has 0 unspecified atom stereocenters. The van der Waals surface area contributed by atoms with Crippen molar-refractivity contribution in [1.82, 2.24) is 116 Å². The summed E-state index contributed by atoms with van der Waals surface area (Å²) in [6.45, 7) is 0. The van der Waals surface area contributed by atoms with E-state index in [1.54, 1.807) is 0 Å². The number of hydrogen-bond acceptors (Lipinski definition) is 23. The summed E-state index contributed by atoms with van der Waals surface area (Å²) < 4.78 is 0. The molecule has 0 saturated heterocycles. The quantitative estimate of drug-likeness (QED) is 0.0551. The number of nitrogens with one attached hydrogen (secondary N) is 21. The second kappa shape index (κ2) is 21.1. The zero-order valence-corrected chi connectivity index (χ0v) is 11.7. The van der Waals surface area contributed by atoms with Crippen LogP contribution in [0.3, 0.4) is 0 Å². The van der Waals surface area contributed by atoms with Crippen LogP contribution < -0.4 is 128 Å². The van der Waals surface area contributed by atoms with Gasteiger partial charge >= 0.3 is 0 Å². The predicted octanol–water partition coefficient (Wildman–Crippen LogP) is -11.6. The van der Waals surface area contributed by atoms with Gasteiger partial charge in [0.25, 0.3) is 0 Å². The average molecular weight is 347 g/mol. The molecule has 0 radical (unpaired) electrons. The van der Waals surface area contributed by atoms with Crippen molar-refractivity contribution < 1.29 is 0 Å². The van der Waals surface area contributed by atoms with Crippen LogP contribution in [0.25, 0.3) is 0 Å². The van der Waals surface area contributed by atoms with E-state index in [9.17, 15) is 0 Å². The fourth-order valence-electron chi connectivity index (χ4n) is 0.603. The molecule has 0 aromatic rings. The Hall–Kier alpha value is -0.920. The molecular formula is H25N23. The Morgan fingerprint density at radius 2 is 0.348 bits per heavy atom. The Bertz CT molecular complexity index is 164. The fourth-order valence-corrected chi connectivity index (χ4v) is 0.603. The molecule has 23 nitrogen and oxygen atoms in total. The van der Waals surface area contributed by atoms with Crippen molar-refractivity contribution in [3.05, 3.63) is 0 Å². The predicted molar refractivity (Wildman–Crippen MR) is 74.2 cm³/mol. The summed E-state index contributed by atoms with van der Waals surface area (Å²) in [5.41, 5.74) is 50.7. The molecule has 0 aromatic heterocycles. The molecule has 0 spiro atoms. The van der Waals surface area contributed by atoms with Gasteiger partial charge in [-0.15, -0.1) is 0 Å². The summed E-state index contributed by atoms with van der Waals surface area (Å²) in [6, 6.07) is 0. The van der Waals surface area contributed by atoms with Gasteiger partial charge in [-0.3, -0.25) is 11.7 Å². The van der Waals surface area contributed by atoms with Gasteiger partial charge in [0.15, 0.2) is 0 Å². The van der Waals surface area contributed by atoms with Gasteiger partial charge in [-0.25, -0.2) is 0 Å². The van der Waals surface area contributed by atoms with Gasteiger partial charge < -0.3 is 0 Å². The normalized spacial score (nSPS) is 11.2. The van der Waals surface area contributed by atoms with E-state index in [2.05, 4.69) is 116 Å². The van der Waals surface area contributed by atoms with Crippen LogP contribution in [0.2, 0.25) is 0 Å². The van der Waals surface area contributed by atoms with E-state index in [4.69, 9.17) is 11.7 Å². The van der Waals surface area contributed by atoms with Crippen molar-refractivity contribution in [2.75, 3.05) is 0 Å². The highest BCUT2D eigenvalue weighted by atomic mass is 16.0. The summed E-state index contributed by atoms with van der Waals surface area (Å²) in [4.78, 5) is 0. The smallest absolute Gasteiger partial charge is 0.164 e. The Balaban J connectivity index is 2.92. The molecule has 0 aliphatic rings. The first-order valence-corrected chi connectivity index (χ1v) is 5.58. The number of rotatable bonds is 20. The lowest BCUT2D eigenvalue weighted by molar-refractivity contribution is 0.191. The zero-order valence-electron chi connectivity index (χ0n) is 11.7. The molecule has 0 amide bonds. The first-order valence-electron chi connectivity index (χ1n) is 5.58. The van der Waals surface area contributed by atoms with Gasteiger partial charge in [0, 0.05) is 0 Å². The molecule has 0 aliphatic heterocycles. The van der Waals surface area contributed by atoms with Gasteiger partial charge in [-0.1, -0.05) is 0 Å². The standard InChI is InChI=1S/H25N23/c1-3-5-7-9-11-13-15-17-19-21-23-22-20-18-16-14-12-10-8-6-4-2/h3-23H,1-2H2. The minimum absolute atomic E-state index is 2.12. The van der Waals surface area contributed by atoms with Crippen LogP contribution in [0.1, 0.15) is 0 Å². The highest BCUT2D eigenvalue weighted by molar-refractivity contribution is 4.17. The minimum Gasteiger partial charge on any atom is -0.257 e. The van der Waals surface area contributed by atoms with Crippen LogP contribution >= 0.6 is 0 Å². The van der Waals surface area contributed by atoms with Crippen molar-refractivity contribution in [3.63, 3.8) is 0 Å².